The number of benzene rings is 2. The lowest BCUT2D eigenvalue weighted by Crippen LogP contribution is -1.95. The zero-order valence-electron chi connectivity index (χ0n) is 15.3. The van der Waals surface area contributed by atoms with Crippen LogP contribution in [0.2, 0.25) is 0 Å². The van der Waals surface area contributed by atoms with Gasteiger partial charge >= 0.3 is 0 Å². The molecule has 0 fully saturated rings. The molecule has 0 aliphatic heterocycles. The molecule has 2 heterocycles. The van der Waals surface area contributed by atoms with Gasteiger partial charge in [-0.2, -0.15) is 5.10 Å². The molecule has 28 heavy (non-hydrogen) atoms. The van der Waals surface area contributed by atoms with E-state index in [4.69, 9.17) is 9.47 Å². The molecule has 140 valence electrons. The number of rotatable bonds is 6. The Kier molecular flexibility index (Phi) is 4.90. The third kappa shape index (κ3) is 3.27. The van der Waals surface area contributed by atoms with Crippen molar-refractivity contribution in [1.82, 2.24) is 14.8 Å². The maximum atomic E-state index is 11.6. The maximum absolute atomic E-state index is 11.6. The third-order valence-corrected chi connectivity index (χ3v) is 5.11. The summed E-state index contributed by atoms with van der Waals surface area (Å²) in [5.41, 5.74) is 3.71. The van der Waals surface area contributed by atoms with Gasteiger partial charge in [0.25, 0.3) is 0 Å². The lowest BCUT2D eigenvalue weighted by Gasteiger charge is -2.08. The van der Waals surface area contributed by atoms with Gasteiger partial charge in [-0.25, -0.2) is 9.67 Å². The van der Waals surface area contributed by atoms with E-state index in [-0.39, 0.29) is 0 Å². The van der Waals surface area contributed by atoms with E-state index in [1.165, 1.54) is 11.3 Å². The predicted molar refractivity (Wildman–Crippen MR) is 109 cm³/mol. The monoisotopic (exact) mass is 391 g/mol. The van der Waals surface area contributed by atoms with Crippen LogP contribution in [-0.4, -0.2) is 35.3 Å². The molecule has 0 radical (unpaired) electrons. The number of hydrogen-bond donors (Lipinski definition) is 0. The Hall–Kier alpha value is -3.45. The zero-order valence-corrected chi connectivity index (χ0v) is 16.1. The lowest BCUT2D eigenvalue weighted by atomic mass is 10.1. The predicted octanol–water partition coefficient (Wildman–Crippen LogP) is 4.49. The summed E-state index contributed by atoms with van der Waals surface area (Å²) in [6.07, 6.45) is 2.48. The quantitative estimate of drug-likeness (QED) is 0.453. The number of aldehydes is 1. The number of ether oxygens (including phenoxy) is 2. The summed E-state index contributed by atoms with van der Waals surface area (Å²) >= 11 is 1.47. The number of thiazole rings is 1. The Balaban J connectivity index is 1.73. The van der Waals surface area contributed by atoms with E-state index in [9.17, 15) is 4.79 Å². The van der Waals surface area contributed by atoms with E-state index in [0.717, 1.165) is 23.1 Å². The van der Waals surface area contributed by atoms with Crippen LogP contribution in [0.3, 0.4) is 0 Å². The van der Waals surface area contributed by atoms with E-state index < -0.39 is 0 Å². The van der Waals surface area contributed by atoms with Gasteiger partial charge in [-0.05, 0) is 18.2 Å². The van der Waals surface area contributed by atoms with E-state index in [0.29, 0.717) is 27.9 Å². The highest BCUT2D eigenvalue weighted by atomic mass is 32.1. The first-order chi connectivity index (χ1) is 13.7. The fraction of sp³-hybridized carbons (Fsp3) is 0.0952. The summed E-state index contributed by atoms with van der Waals surface area (Å²) in [5.74, 6) is 1.19. The summed E-state index contributed by atoms with van der Waals surface area (Å²) < 4.78 is 12.3. The summed E-state index contributed by atoms with van der Waals surface area (Å²) in [4.78, 5) is 16.3. The van der Waals surface area contributed by atoms with Crippen LogP contribution in [0.5, 0.6) is 11.5 Å². The van der Waals surface area contributed by atoms with Gasteiger partial charge in [0.05, 0.1) is 25.5 Å². The Morgan fingerprint density at radius 3 is 2.50 bits per heavy atom. The fourth-order valence-electron chi connectivity index (χ4n) is 2.89. The Bertz CT molecular complexity index is 1120. The molecule has 0 N–H and O–H groups in total. The van der Waals surface area contributed by atoms with E-state index in [1.54, 1.807) is 37.2 Å². The van der Waals surface area contributed by atoms with Crippen LogP contribution in [0.15, 0.2) is 60.1 Å². The van der Waals surface area contributed by atoms with Crippen LogP contribution in [0.25, 0.3) is 27.6 Å². The van der Waals surface area contributed by atoms with Crippen LogP contribution in [0.1, 0.15) is 10.4 Å². The minimum absolute atomic E-state index is 0.476. The van der Waals surface area contributed by atoms with E-state index in [1.807, 2.05) is 41.8 Å². The first-order valence-electron chi connectivity index (χ1n) is 8.52. The van der Waals surface area contributed by atoms with Crippen LogP contribution in [0, 0.1) is 0 Å². The number of hydrogen-bond acceptors (Lipinski definition) is 6. The van der Waals surface area contributed by atoms with Gasteiger partial charge in [0.1, 0.15) is 5.69 Å². The topological polar surface area (TPSA) is 66.2 Å². The van der Waals surface area contributed by atoms with Crippen LogP contribution in [0.4, 0.5) is 0 Å². The molecule has 7 heteroatoms. The lowest BCUT2D eigenvalue weighted by molar-refractivity contribution is 0.112. The molecule has 0 spiro atoms. The van der Waals surface area contributed by atoms with Crippen molar-refractivity contribution in [3.63, 3.8) is 0 Å². The molecule has 0 saturated heterocycles. The third-order valence-electron chi connectivity index (χ3n) is 4.28. The van der Waals surface area contributed by atoms with Crippen molar-refractivity contribution in [1.29, 1.82) is 0 Å². The maximum Gasteiger partial charge on any atom is 0.210 e. The average molecular weight is 391 g/mol. The summed E-state index contributed by atoms with van der Waals surface area (Å²) in [6.45, 7) is 0. The number of nitrogens with zero attached hydrogens (tertiary/aromatic N) is 3. The van der Waals surface area contributed by atoms with Gasteiger partial charge in [0, 0.05) is 22.7 Å². The van der Waals surface area contributed by atoms with Crippen LogP contribution in [-0.2, 0) is 0 Å². The number of carbonyl (C=O) groups excluding carboxylic acids is 1. The highest BCUT2D eigenvalue weighted by molar-refractivity contribution is 7.12. The molecule has 0 amide bonds. The average Bonchev–Trinajstić information content (AvgIpc) is 3.41. The molecule has 4 rings (SSSR count). The molecule has 0 saturated carbocycles. The molecule has 0 atom stereocenters. The van der Waals surface area contributed by atoms with Crippen LogP contribution < -0.4 is 9.47 Å². The van der Waals surface area contributed by atoms with Gasteiger partial charge < -0.3 is 9.47 Å². The normalized spacial score (nSPS) is 10.6. The molecule has 0 aliphatic carbocycles. The highest BCUT2D eigenvalue weighted by Gasteiger charge is 2.16. The molecule has 4 aromatic rings. The van der Waals surface area contributed by atoms with E-state index in [2.05, 4.69) is 10.1 Å². The molecule has 0 bridgehead atoms. The van der Waals surface area contributed by atoms with Gasteiger partial charge in [-0.3, -0.25) is 4.79 Å². The molecule has 2 aromatic carbocycles. The van der Waals surface area contributed by atoms with Crippen molar-refractivity contribution < 1.29 is 14.3 Å². The summed E-state index contributed by atoms with van der Waals surface area (Å²) in [5, 5.41) is 7.26. The SMILES string of the molecule is COc1ccc(-c2nn(-c3nc(-c4ccccc4)cs3)cc2C=O)cc1OC. The van der Waals surface area contributed by atoms with Gasteiger partial charge in [0.15, 0.2) is 17.8 Å². The van der Waals surface area contributed by atoms with Crippen molar-refractivity contribution in [2.24, 2.45) is 0 Å². The second kappa shape index (κ2) is 7.66. The van der Waals surface area contributed by atoms with Crippen molar-refractivity contribution in [3.05, 3.63) is 65.7 Å². The fourth-order valence-corrected chi connectivity index (χ4v) is 3.65. The van der Waals surface area contributed by atoms with Crippen molar-refractivity contribution >= 4 is 17.6 Å². The first kappa shape index (κ1) is 17.9. The number of aromatic nitrogens is 3. The minimum Gasteiger partial charge on any atom is -0.493 e. The second-order valence-corrected chi connectivity index (χ2v) is 6.78. The molecular formula is C21H17N3O3S. The van der Waals surface area contributed by atoms with Crippen LogP contribution >= 0.6 is 11.3 Å². The Morgan fingerprint density at radius 1 is 1.00 bits per heavy atom. The Labute approximate surface area is 166 Å². The van der Waals surface area contributed by atoms with Gasteiger partial charge in [0.2, 0.25) is 5.13 Å². The van der Waals surface area contributed by atoms with Crippen molar-refractivity contribution in [2.45, 2.75) is 0 Å². The summed E-state index contributed by atoms with van der Waals surface area (Å²) in [7, 11) is 3.15. The minimum atomic E-state index is 0.476. The van der Waals surface area contributed by atoms with Gasteiger partial charge in [-0.15, -0.1) is 11.3 Å². The van der Waals surface area contributed by atoms with Crippen molar-refractivity contribution in [2.75, 3.05) is 14.2 Å². The second-order valence-electron chi connectivity index (χ2n) is 5.95. The molecule has 0 aliphatic rings. The molecule has 2 aromatic heterocycles. The highest BCUT2D eigenvalue weighted by Crippen LogP contribution is 2.33. The largest absolute Gasteiger partial charge is 0.493 e. The summed E-state index contributed by atoms with van der Waals surface area (Å²) in [6, 6.07) is 15.4. The molecule has 6 nitrogen and oxygen atoms in total. The zero-order chi connectivity index (χ0) is 19.5. The molecule has 0 unspecified atom stereocenters. The Morgan fingerprint density at radius 2 is 1.79 bits per heavy atom. The number of carbonyl (C=O) groups is 1. The van der Waals surface area contributed by atoms with Crippen molar-refractivity contribution in [3.8, 4) is 39.1 Å². The first-order valence-corrected chi connectivity index (χ1v) is 9.40. The smallest absolute Gasteiger partial charge is 0.210 e. The van der Waals surface area contributed by atoms with Gasteiger partial charge in [-0.1, -0.05) is 30.3 Å². The standard InChI is InChI=1S/C21H17N3O3S/c1-26-18-9-8-15(10-19(18)27-2)20-16(12-25)11-24(23-20)21-22-17(13-28-21)14-6-4-3-5-7-14/h3-13H,1-2H3. The van der Waals surface area contributed by atoms with E-state index >= 15 is 0 Å². The molecular weight excluding hydrogens is 374 g/mol. The number of methoxy groups -OCH3 is 2.